The zero-order chi connectivity index (χ0) is 10.7. The summed E-state index contributed by atoms with van der Waals surface area (Å²) in [4.78, 5) is 2.21. The van der Waals surface area contributed by atoms with Gasteiger partial charge in [0.2, 0.25) is 0 Å². The first kappa shape index (κ1) is 10.5. The average Bonchev–Trinajstić information content (AvgIpc) is 3.03. The molecule has 1 aromatic carbocycles. The quantitative estimate of drug-likeness (QED) is 0.741. The molecule has 1 unspecified atom stereocenters. The fourth-order valence-electron chi connectivity index (χ4n) is 1.56. The van der Waals surface area contributed by atoms with Crippen LogP contribution >= 0.6 is 0 Å². The van der Waals surface area contributed by atoms with Gasteiger partial charge in [-0.1, -0.05) is 12.1 Å². The fraction of sp³-hybridized carbons (Fsp3) is 0.500. The smallest absolute Gasteiger partial charge is 0.119 e. The van der Waals surface area contributed by atoms with E-state index in [1.165, 1.54) is 0 Å². The third-order valence-corrected chi connectivity index (χ3v) is 2.55. The third kappa shape index (κ3) is 2.94. The molecule has 0 amide bonds. The Morgan fingerprint density at radius 3 is 2.53 bits per heavy atom. The van der Waals surface area contributed by atoms with Crippen LogP contribution in [0.5, 0.6) is 5.75 Å². The highest BCUT2D eigenvalue weighted by molar-refractivity contribution is 5.28. The SMILES string of the molecule is CCOc1ccc(C(O)CN2CC2)cc1. The van der Waals surface area contributed by atoms with Gasteiger partial charge >= 0.3 is 0 Å². The Hall–Kier alpha value is -1.06. The highest BCUT2D eigenvalue weighted by atomic mass is 16.5. The summed E-state index contributed by atoms with van der Waals surface area (Å²) >= 11 is 0. The van der Waals surface area contributed by atoms with Crippen LogP contribution in [0.4, 0.5) is 0 Å². The molecule has 0 saturated carbocycles. The number of rotatable bonds is 5. The molecular formula is C12H17NO2. The van der Waals surface area contributed by atoms with Gasteiger partial charge in [-0.2, -0.15) is 0 Å². The molecule has 3 heteroatoms. The summed E-state index contributed by atoms with van der Waals surface area (Å²) in [7, 11) is 0. The maximum atomic E-state index is 9.87. The van der Waals surface area contributed by atoms with E-state index in [-0.39, 0.29) is 6.10 Å². The first-order chi connectivity index (χ1) is 7.29. The molecule has 0 aromatic heterocycles. The lowest BCUT2D eigenvalue weighted by molar-refractivity contribution is 0.156. The van der Waals surface area contributed by atoms with Gasteiger partial charge in [-0.05, 0) is 24.6 Å². The molecular weight excluding hydrogens is 190 g/mol. The van der Waals surface area contributed by atoms with Gasteiger partial charge in [0.05, 0.1) is 12.7 Å². The monoisotopic (exact) mass is 207 g/mol. The summed E-state index contributed by atoms with van der Waals surface area (Å²) in [6.45, 7) is 5.62. The Morgan fingerprint density at radius 1 is 1.33 bits per heavy atom. The first-order valence-corrected chi connectivity index (χ1v) is 5.43. The Balaban J connectivity index is 1.95. The fourth-order valence-corrected chi connectivity index (χ4v) is 1.56. The van der Waals surface area contributed by atoms with Gasteiger partial charge in [-0.15, -0.1) is 0 Å². The van der Waals surface area contributed by atoms with Crippen LogP contribution in [-0.4, -0.2) is 36.2 Å². The number of benzene rings is 1. The molecule has 1 atom stereocenters. The van der Waals surface area contributed by atoms with E-state index < -0.39 is 0 Å². The van der Waals surface area contributed by atoms with Crippen LogP contribution in [0.25, 0.3) is 0 Å². The second-order valence-corrected chi connectivity index (χ2v) is 3.82. The average molecular weight is 207 g/mol. The molecule has 1 N–H and O–H groups in total. The maximum absolute atomic E-state index is 9.87. The molecule has 0 aliphatic carbocycles. The maximum Gasteiger partial charge on any atom is 0.119 e. The molecule has 82 valence electrons. The van der Waals surface area contributed by atoms with E-state index in [4.69, 9.17) is 4.74 Å². The van der Waals surface area contributed by atoms with Crippen molar-refractivity contribution in [3.05, 3.63) is 29.8 Å². The molecule has 1 aliphatic rings. The van der Waals surface area contributed by atoms with Gasteiger partial charge in [-0.25, -0.2) is 0 Å². The van der Waals surface area contributed by atoms with Crippen molar-refractivity contribution in [2.24, 2.45) is 0 Å². The standard InChI is InChI=1S/C12H17NO2/c1-2-15-11-5-3-10(4-6-11)12(14)9-13-7-8-13/h3-6,12,14H,2,7-9H2,1H3. The van der Waals surface area contributed by atoms with Crippen LogP contribution in [0.1, 0.15) is 18.6 Å². The molecule has 1 saturated heterocycles. The summed E-state index contributed by atoms with van der Waals surface area (Å²) in [5.74, 6) is 0.861. The van der Waals surface area contributed by atoms with Crippen molar-refractivity contribution in [3.8, 4) is 5.75 Å². The molecule has 15 heavy (non-hydrogen) atoms. The number of aliphatic hydroxyl groups is 1. The van der Waals surface area contributed by atoms with Crippen LogP contribution in [0, 0.1) is 0 Å². The first-order valence-electron chi connectivity index (χ1n) is 5.43. The molecule has 1 fully saturated rings. The number of β-amino-alcohol motifs (C(OH)–C–C–N with tert-alkyl or cyclic N) is 1. The minimum absolute atomic E-state index is 0.372. The predicted molar refractivity (Wildman–Crippen MR) is 59.0 cm³/mol. The summed E-state index contributed by atoms with van der Waals surface area (Å²) in [6, 6.07) is 7.67. The normalized spacial score (nSPS) is 17.5. The molecule has 1 aliphatic heterocycles. The van der Waals surface area contributed by atoms with Gasteiger partial charge in [0.15, 0.2) is 0 Å². The van der Waals surface area contributed by atoms with E-state index in [1.54, 1.807) is 0 Å². The number of hydrogen-bond donors (Lipinski definition) is 1. The lowest BCUT2D eigenvalue weighted by Gasteiger charge is -2.11. The van der Waals surface area contributed by atoms with E-state index in [1.807, 2.05) is 31.2 Å². The van der Waals surface area contributed by atoms with E-state index in [9.17, 15) is 5.11 Å². The van der Waals surface area contributed by atoms with E-state index in [0.29, 0.717) is 6.61 Å². The molecule has 0 radical (unpaired) electrons. The predicted octanol–water partition coefficient (Wildman–Crippen LogP) is 1.43. The van der Waals surface area contributed by atoms with Crippen molar-refractivity contribution >= 4 is 0 Å². The van der Waals surface area contributed by atoms with Gasteiger partial charge in [0, 0.05) is 19.6 Å². The Kier molecular flexibility index (Phi) is 3.23. The van der Waals surface area contributed by atoms with Crippen molar-refractivity contribution < 1.29 is 9.84 Å². The van der Waals surface area contributed by atoms with Crippen LogP contribution in [0.15, 0.2) is 24.3 Å². The minimum Gasteiger partial charge on any atom is -0.494 e. The van der Waals surface area contributed by atoms with Gasteiger partial charge < -0.3 is 9.84 Å². The zero-order valence-electron chi connectivity index (χ0n) is 9.02. The van der Waals surface area contributed by atoms with E-state index >= 15 is 0 Å². The van der Waals surface area contributed by atoms with Crippen molar-refractivity contribution in [1.82, 2.24) is 4.90 Å². The van der Waals surface area contributed by atoms with Crippen LogP contribution in [-0.2, 0) is 0 Å². The number of ether oxygens (including phenoxy) is 1. The van der Waals surface area contributed by atoms with Crippen LogP contribution in [0.3, 0.4) is 0 Å². The second kappa shape index (κ2) is 4.64. The highest BCUT2D eigenvalue weighted by Crippen LogP contribution is 2.20. The van der Waals surface area contributed by atoms with Gasteiger partial charge in [0.25, 0.3) is 0 Å². The molecule has 0 bridgehead atoms. The van der Waals surface area contributed by atoms with Crippen molar-refractivity contribution in [3.63, 3.8) is 0 Å². The lowest BCUT2D eigenvalue weighted by Crippen LogP contribution is -2.10. The Morgan fingerprint density at radius 2 is 2.00 bits per heavy atom. The Bertz CT molecular complexity index is 306. The number of hydrogen-bond acceptors (Lipinski definition) is 3. The highest BCUT2D eigenvalue weighted by Gasteiger charge is 2.21. The van der Waals surface area contributed by atoms with Gasteiger partial charge in [-0.3, -0.25) is 4.90 Å². The molecule has 0 spiro atoms. The molecule has 1 aromatic rings. The zero-order valence-corrected chi connectivity index (χ0v) is 9.02. The minimum atomic E-state index is -0.372. The van der Waals surface area contributed by atoms with Crippen molar-refractivity contribution in [2.75, 3.05) is 26.2 Å². The largest absolute Gasteiger partial charge is 0.494 e. The van der Waals surface area contributed by atoms with Crippen molar-refractivity contribution in [1.29, 1.82) is 0 Å². The van der Waals surface area contributed by atoms with Gasteiger partial charge in [0.1, 0.15) is 5.75 Å². The second-order valence-electron chi connectivity index (χ2n) is 3.82. The molecule has 2 rings (SSSR count). The third-order valence-electron chi connectivity index (χ3n) is 2.55. The number of aliphatic hydroxyl groups excluding tert-OH is 1. The molecule has 1 heterocycles. The van der Waals surface area contributed by atoms with E-state index in [2.05, 4.69) is 4.90 Å². The lowest BCUT2D eigenvalue weighted by atomic mass is 10.1. The summed E-state index contributed by atoms with van der Waals surface area (Å²) in [5.41, 5.74) is 0.963. The Labute approximate surface area is 90.3 Å². The summed E-state index contributed by atoms with van der Waals surface area (Å²) < 4.78 is 5.34. The summed E-state index contributed by atoms with van der Waals surface area (Å²) in [5, 5.41) is 9.87. The van der Waals surface area contributed by atoms with E-state index in [0.717, 1.165) is 30.9 Å². The van der Waals surface area contributed by atoms with Crippen molar-refractivity contribution in [2.45, 2.75) is 13.0 Å². The van der Waals surface area contributed by atoms with Crippen LogP contribution in [0.2, 0.25) is 0 Å². The number of nitrogens with zero attached hydrogens (tertiary/aromatic N) is 1. The van der Waals surface area contributed by atoms with Crippen LogP contribution < -0.4 is 4.74 Å². The molecule has 3 nitrogen and oxygen atoms in total. The summed E-state index contributed by atoms with van der Waals surface area (Å²) in [6.07, 6.45) is -0.372. The topological polar surface area (TPSA) is 32.5 Å².